The predicted octanol–water partition coefficient (Wildman–Crippen LogP) is 1.51. The Bertz CT molecular complexity index is 443. The van der Waals surface area contributed by atoms with Gasteiger partial charge >= 0.3 is 0 Å². The first-order chi connectivity index (χ1) is 9.76. The number of hydrogen-bond acceptors (Lipinski definition) is 7. The van der Waals surface area contributed by atoms with Gasteiger partial charge < -0.3 is 20.4 Å². The van der Waals surface area contributed by atoms with Gasteiger partial charge in [-0.2, -0.15) is 15.0 Å². The Labute approximate surface area is 128 Å². The first kappa shape index (κ1) is 17.4. The highest BCUT2D eigenvalue weighted by molar-refractivity contribution is 5.43. The smallest absolute Gasteiger partial charge is 0.231 e. The number of anilines is 3. The second kappa shape index (κ2) is 7.40. The Morgan fingerprint density at radius 1 is 0.952 bits per heavy atom. The van der Waals surface area contributed by atoms with Crippen molar-refractivity contribution in [3.8, 4) is 0 Å². The van der Waals surface area contributed by atoms with Crippen LogP contribution in [0.25, 0.3) is 0 Å². The van der Waals surface area contributed by atoms with Gasteiger partial charge in [-0.25, -0.2) is 0 Å². The van der Waals surface area contributed by atoms with Crippen LogP contribution in [0.4, 0.5) is 17.8 Å². The summed E-state index contributed by atoms with van der Waals surface area (Å²) in [4.78, 5) is 17.3. The van der Waals surface area contributed by atoms with Gasteiger partial charge in [-0.3, -0.25) is 0 Å². The number of rotatable bonds is 8. The summed E-state index contributed by atoms with van der Waals surface area (Å²) in [7, 11) is 7.97. The molecule has 0 radical (unpaired) electrons. The van der Waals surface area contributed by atoms with E-state index in [2.05, 4.69) is 65.4 Å². The Hall–Kier alpha value is -1.63. The SMILES string of the molecule is CCCNc1nc(NCC(C)(C)N(C)C)nc(N(C)C)n1. The van der Waals surface area contributed by atoms with Crippen molar-refractivity contribution >= 4 is 17.8 Å². The number of nitrogens with zero attached hydrogens (tertiary/aromatic N) is 5. The van der Waals surface area contributed by atoms with Crippen LogP contribution in [0.5, 0.6) is 0 Å². The Balaban J connectivity index is 2.87. The molecule has 0 aliphatic carbocycles. The Morgan fingerprint density at radius 3 is 2.00 bits per heavy atom. The van der Waals surface area contributed by atoms with Gasteiger partial charge in [0.2, 0.25) is 17.8 Å². The minimum atomic E-state index is 0.0158. The largest absolute Gasteiger partial charge is 0.354 e. The standard InChI is InChI=1S/C14H29N7/c1-8-9-15-11-17-12(19-13(18-11)20(4)5)16-10-14(2,3)21(6)7/h8-10H2,1-7H3,(H2,15,16,17,18,19). The van der Waals surface area contributed by atoms with Gasteiger partial charge in [-0.15, -0.1) is 0 Å². The number of likely N-dealkylation sites (N-methyl/N-ethyl adjacent to an activating group) is 1. The van der Waals surface area contributed by atoms with Gasteiger partial charge in [0.1, 0.15) is 0 Å². The third kappa shape index (κ3) is 5.34. The lowest BCUT2D eigenvalue weighted by molar-refractivity contribution is 0.209. The van der Waals surface area contributed by atoms with Crippen molar-refractivity contribution in [2.24, 2.45) is 0 Å². The Kier molecular flexibility index (Phi) is 6.14. The Morgan fingerprint density at radius 2 is 1.52 bits per heavy atom. The maximum Gasteiger partial charge on any atom is 0.231 e. The van der Waals surface area contributed by atoms with Crippen molar-refractivity contribution in [3.63, 3.8) is 0 Å². The van der Waals surface area contributed by atoms with Crippen LogP contribution in [-0.2, 0) is 0 Å². The van der Waals surface area contributed by atoms with Gasteiger partial charge in [0, 0.05) is 32.7 Å². The molecule has 1 heterocycles. The van der Waals surface area contributed by atoms with Crippen molar-refractivity contribution in [3.05, 3.63) is 0 Å². The van der Waals surface area contributed by atoms with Crippen molar-refractivity contribution in [2.75, 3.05) is 56.8 Å². The normalized spacial score (nSPS) is 11.6. The zero-order valence-electron chi connectivity index (χ0n) is 14.4. The topological polar surface area (TPSA) is 69.2 Å². The summed E-state index contributed by atoms with van der Waals surface area (Å²) in [5.74, 6) is 1.86. The van der Waals surface area contributed by atoms with Crippen molar-refractivity contribution in [2.45, 2.75) is 32.7 Å². The van der Waals surface area contributed by atoms with Gasteiger partial charge in [0.05, 0.1) is 0 Å². The molecule has 0 unspecified atom stereocenters. The molecule has 7 heteroatoms. The van der Waals surface area contributed by atoms with E-state index in [-0.39, 0.29) is 5.54 Å². The molecule has 0 spiro atoms. The highest BCUT2D eigenvalue weighted by atomic mass is 15.3. The fourth-order valence-electron chi connectivity index (χ4n) is 1.41. The van der Waals surface area contributed by atoms with Crippen LogP contribution in [0.1, 0.15) is 27.2 Å². The van der Waals surface area contributed by atoms with Crippen LogP contribution in [0, 0.1) is 0 Å². The quantitative estimate of drug-likeness (QED) is 0.753. The van der Waals surface area contributed by atoms with E-state index in [1.807, 2.05) is 19.0 Å². The predicted molar refractivity (Wildman–Crippen MR) is 89.2 cm³/mol. The number of nitrogens with one attached hydrogen (secondary N) is 2. The molecule has 7 nitrogen and oxygen atoms in total. The lowest BCUT2D eigenvalue weighted by Crippen LogP contribution is -2.44. The molecule has 1 aromatic heterocycles. The molecule has 1 aromatic rings. The second-order valence-electron chi connectivity index (χ2n) is 6.16. The first-order valence-electron chi connectivity index (χ1n) is 7.35. The molecule has 0 aliphatic heterocycles. The van der Waals surface area contributed by atoms with Gasteiger partial charge in [0.15, 0.2) is 0 Å². The molecule has 0 aliphatic rings. The molecule has 0 atom stereocenters. The zero-order valence-corrected chi connectivity index (χ0v) is 14.4. The van der Waals surface area contributed by atoms with E-state index >= 15 is 0 Å². The van der Waals surface area contributed by atoms with Crippen LogP contribution >= 0.6 is 0 Å². The first-order valence-corrected chi connectivity index (χ1v) is 7.35. The molecule has 120 valence electrons. The van der Waals surface area contributed by atoms with Crippen molar-refractivity contribution in [1.29, 1.82) is 0 Å². The molecule has 0 fully saturated rings. The van der Waals surface area contributed by atoms with E-state index in [9.17, 15) is 0 Å². The highest BCUT2D eigenvalue weighted by Crippen LogP contribution is 2.14. The zero-order chi connectivity index (χ0) is 16.0. The number of hydrogen-bond donors (Lipinski definition) is 2. The van der Waals surface area contributed by atoms with E-state index in [1.54, 1.807) is 0 Å². The van der Waals surface area contributed by atoms with E-state index in [0.717, 1.165) is 19.5 Å². The molecule has 0 aromatic carbocycles. The fraction of sp³-hybridized carbons (Fsp3) is 0.786. The van der Waals surface area contributed by atoms with Crippen molar-refractivity contribution in [1.82, 2.24) is 19.9 Å². The van der Waals surface area contributed by atoms with Gasteiger partial charge in [-0.1, -0.05) is 6.92 Å². The van der Waals surface area contributed by atoms with Crippen LogP contribution < -0.4 is 15.5 Å². The minimum absolute atomic E-state index is 0.0158. The second-order valence-corrected chi connectivity index (χ2v) is 6.16. The number of aromatic nitrogens is 3. The summed E-state index contributed by atoms with van der Waals surface area (Å²) in [6.45, 7) is 8.05. The monoisotopic (exact) mass is 295 g/mol. The molecule has 21 heavy (non-hydrogen) atoms. The van der Waals surface area contributed by atoms with E-state index < -0.39 is 0 Å². The average Bonchev–Trinajstić information content (AvgIpc) is 2.42. The average molecular weight is 295 g/mol. The molecule has 0 saturated heterocycles. The van der Waals surface area contributed by atoms with E-state index in [1.165, 1.54) is 0 Å². The summed E-state index contributed by atoms with van der Waals surface area (Å²) in [5, 5.41) is 6.52. The van der Waals surface area contributed by atoms with Gasteiger partial charge in [-0.05, 0) is 34.4 Å². The molecule has 1 rings (SSSR count). The summed E-state index contributed by atoms with van der Waals surface area (Å²) in [6, 6.07) is 0. The molecule has 0 amide bonds. The van der Waals surface area contributed by atoms with Crippen LogP contribution in [-0.4, -0.2) is 66.7 Å². The molecular weight excluding hydrogens is 266 g/mol. The van der Waals surface area contributed by atoms with Crippen molar-refractivity contribution < 1.29 is 0 Å². The van der Waals surface area contributed by atoms with E-state index in [4.69, 9.17) is 0 Å². The maximum absolute atomic E-state index is 4.44. The third-order valence-electron chi connectivity index (χ3n) is 3.45. The molecule has 0 saturated carbocycles. The summed E-state index contributed by atoms with van der Waals surface area (Å²) in [6.07, 6.45) is 1.03. The summed E-state index contributed by atoms with van der Waals surface area (Å²) < 4.78 is 0. The summed E-state index contributed by atoms with van der Waals surface area (Å²) in [5.41, 5.74) is 0.0158. The molecular formula is C14H29N7. The summed E-state index contributed by atoms with van der Waals surface area (Å²) >= 11 is 0. The molecule has 2 N–H and O–H groups in total. The van der Waals surface area contributed by atoms with Crippen LogP contribution in [0.2, 0.25) is 0 Å². The third-order valence-corrected chi connectivity index (χ3v) is 3.45. The molecule has 0 bridgehead atoms. The lowest BCUT2D eigenvalue weighted by Gasteiger charge is -2.32. The maximum atomic E-state index is 4.44. The minimum Gasteiger partial charge on any atom is -0.354 e. The highest BCUT2D eigenvalue weighted by Gasteiger charge is 2.20. The van der Waals surface area contributed by atoms with Gasteiger partial charge in [0.25, 0.3) is 0 Å². The lowest BCUT2D eigenvalue weighted by atomic mass is 10.1. The van der Waals surface area contributed by atoms with E-state index in [0.29, 0.717) is 17.8 Å². The van der Waals surface area contributed by atoms with Crippen LogP contribution in [0.15, 0.2) is 0 Å². The van der Waals surface area contributed by atoms with Crippen LogP contribution in [0.3, 0.4) is 0 Å². The fourth-order valence-corrected chi connectivity index (χ4v) is 1.41.